The van der Waals surface area contributed by atoms with Gasteiger partial charge >= 0.3 is 0 Å². The van der Waals surface area contributed by atoms with Gasteiger partial charge in [-0.05, 0) is 51.9 Å². The number of anilines is 1. The zero-order valence-electron chi connectivity index (χ0n) is 9.99. The Labute approximate surface area is 125 Å². The summed E-state index contributed by atoms with van der Waals surface area (Å²) >= 11 is 8.47. The lowest BCUT2D eigenvalue weighted by atomic mass is 10.2. The maximum absolute atomic E-state index is 12.9. The van der Waals surface area contributed by atoms with Crippen LogP contribution in [-0.4, -0.2) is 5.11 Å². The Morgan fingerprint density at radius 1 is 1.16 bits per heavy atom. The summed E-state index contributed by atoms with van der Waals surface area (Å²) in [5, 5.41) is 6.61. The molecule has 0 amide bonds. The van der Waals surface area contributed by atoms with Gasteiger partial charge in [-0.1, -0.05) is 30.3 Å². The molecule has 2 N–H and O–H groups in total. The van der Waals surface area contributed by atoms with Gasteiger partial charge in [-0.2, -0.15) is 0 Å². The van der Waals surface area contributed by atoms with Gasteiger partial charge in [0, 0.05) is 11.0 Å². The van der Waals surface area contributed by atoms with Crippen molar-refractivity contribution in [1.82, 2.24) is 5.32 Å². The smallest absolute Gasteiger partial charge is 0.171 e. The Kier molecular flexibility index (Phi) is 4.87. The molecule has 0 saturated heterocycles. The molecule has 0 unspecified atom stereocenters. The van der Waals surface area contributed by atoms with Crippen LogP contribution in [0.4, 0.5) is 10.1 Å². The molecule has 0 heterocycles. The molecule has 2 rings (SSSR count). The van der Waals surface area contributed by atoms with Gasteiger partial charge in [0.05, 0.1) is 5.69 Å². The van der Waals surface area contributed by atoms with Crippen LogP contribution in [0.5, 0.6) is 0 Å². The molecule has 0 aliphatic rings. The van der Waals surface area contributed by atoms with Crippen molar-refractivity contribution in [3.63, 3.8) is 0 Å². The van der Waals surface area contributed by atoms with E-state index in [1.807, 2.05) is 30.3 Å². The van der Waals surface area contributed by atoms with Crippen molar-refractivity contribution in [3.05, 3.63) is 64.4 Å². The van der Waals surface area contributed by atoms with Gasteiger partial charge in [0.1, 0.15) is 5.82 Å². The van der Waals surface area contributed by atoms with E-state index in [1.165, 1.54) is 12.1 Å². The van der Waals surface area contributed by atoms with E-state index in [4.69, 9.17) is 12.2 Å². The molecule has 0 aliphatic heterocycles. The minimum Gasteiger partial charge on any atom is -0.358 e. The van der Waals surface area contributed by atoms with Crippen molar-refractivity contribution >= 4 is 38.9 Å². The van der Waals surface area contributed by atoms with Gasteiger partial charge in [0.25, 0.3) is 0 Å². The first-order valence-electron chi connectivity index (χ1n) is 5.69. The maximum atomic E-state index is 12.9. The second kappa shape index (κ2) is 6.63. The normalized spacial score (nSPS) is 10.0. The first-order valence-corrected chi connectivity index (χ1v) is 6.89. The number of rotatable bonds is 3. The van der Waals surface area contributed by atoms with E-state index in [0.29, 0.717) is 16.1 Å². The summed E-state index contributed by atoms with van der Waals surface area (Å²) in [6, 6.07) is 14.4. The Balaban J connectivity index is 1.91. The van der Waals surface area contributed by atoms with E-state index >= 15 is 0 Å². The van der Waals surface area contributed by atoms with Crippen LogP contribution >= 0.6 is 28.1 Å². The van der Waals surface area contributed by atoms with E-state index < -0.39 is 0 Å². The van der Waals surface area contributed by atoms with Crippen LogP contribution < -0.4 is 10.6 Å². The van der Waals surface area contributed by atoms with Crippen molar-refractivity contribution in [2.75, 3.05) is 5.32 Å². The third-order valence-corrected chi connectivity index (χ3v) is 3.38. The van der Waals surface area contributed by atoms with Crippen molar-refractivity contribution in [2.45, 2.75) is 6.54 Å². The molecule has 0 spiro atoms. The maximum Gasteiger partial charge on any atom is 0.171 e. The van der Waals surface area contributed by atoms with Gasteiger partial charge in [-0.3, -0.25) is 0 Å². The highest BCUT2D eigenvalue weighted by Gasteiger charge is 2.03. The predicted molar refractivity (Wildman–Crippen MR) is 83.6 cm³/mol. The summed E-state index contributed by atoms with van der Waals surface area (Å²) < 4.78 is 13.6. The molecule has 0 aliphatic carbocycles. The number of thiocarbonyl (C=S) groups is 1. The van der Waals surface area contributed by atoms with Gasteiger partial charge < -0.3 is 10.6 Å². The van der Waals surface area contributed by atoms with E-state index in [9.17, 15) is 4.39 Å². The Morgan fingerprint density at radius 2 is 1.89 bits per heavy atom. The topological polar surface area (TPSA) is 24.1 Å². The summed E-state index contributed by atoms with van der Waals surface area (Å²) in [5.74, 6) is -0.291. The largest absolute Gasteiger partial charge is 0.358 e. The van der Waals surface area contributed by atoms with Crippen LogP contribution in [0.15, 0.2) is 53.0 Å². The van der Waals surface area contributed by atoms with Gasteiger partial charge in [0.2, 0.25) is 0 Å². The van der Waals surface area contributed by atoms with Crippen LogP contribution in [0, 0.1) is 5.82 Å². The first kappa shape index (κ1) is 14.0. The number of nitrogens with one attached hydrogen (secondary N) is 2. The van der Waals surface area contributed by atoms with Crippen molar-refractivity contribution in [2.24, 2.45) is 0 Å². The van der Waals surface area contributed by atoms with Crippen LogP contribution in [0.25, 0.3) is 0 Å². The molecule has 2 aromatic rings. The zero-order chi connectivity index (χ0) is 13.7. The molecule has 0 saturated carbocycles. The second-order valence-electron chi connectivity index (χ2n) is 3.92. The Hall–Kier alpha value is -1.46. The molecule has 0 bridgehead atoms. The molecule has 0 radical (unpaired) electrons. The van der Waals surface area contributed by atoms with E-state index in [2.05, 4.69) is 26.6 Å². The van der Waals surface area contributed by atoms with E-state index in [-0.39, 0.29) is 5.82 Å². The average molecular weight is 339 g/mol. The average Bonchev–Trinajstić information content (AvgIpc) is 2.41. The van der Waals surface area contributed by atoms with Gasteiger partial charge in [0.15, 0.2) is 5.11 Å². The second-order valence-corrected chi connectivity index (χ2v) is 5.18. The quantitative estimate of drug-likeness (QED) is 0.824. The van der Waals surface area contributed by atoms with Crippen molar-refractivity contribution in [3.8, 4) is 0 Å². The molecule has 5 heteroatoms. The minimum absolute atomic E-state index is 0.291. The van der Waals surface area contributed by atoms with Crippen LogP contribution in [0.2, 0.25) is 0 Å². The Bertz CT molecular complexity index is 575. The molecule has 0 atom stereocenters. The molecular weight excluding hydrogens is 327 g/mol. The standard InChI is InChI=1S/C14H12BrFN2S/c15-12-8-11(16)6-7-13(12)18-14(19)17-9-10-4-2-1-3-5-10/h1-8H,9H2,(H2,17,18,19). The highest BCUT2D eigenvalue weighted by molar-refractivity contribution is 9.10. The monoisotopic (exact) mass is 338 g/mol. The van der Waals surface area contributed by atoms with Crippen LogP contribution in [0.1, 0.15) is 5.56 Å². The number of hydrogen-bond donors (Lipinski definition) is 2. The lowest BCUT2D eigenvalue weighted by Crippen LogP contribution is -2.28. The molecule has 0 aromatic heterocycles. The van der Waals surface area contributed by atoms with Gasteiger partial charge in [-0.15, -0.1) is 0 Å². The summed E-state index contributed by atoms with van der Waals surface area (Å²) in [6.07, 6.45) is 0. The Morgan fingerprint density at radius 3 is 2.58 bits per heavy atom. The third kappa shape index (κ3) is 4.29. The highest BCUT2D eigenvalue weighted by Crippen LogP contribution is 2.22. The molecule has 0 fully saturated rings. The fourth-order valence-electron chi connectivity index (χ4n) is 1.54. The lowest BCUT2D eigenvalue weighted by molar-refractivity contribution is 0.627. The summed E-state index contributed by atoms with van der Waals surface area (Å²) in [5.41, 5.74) is 1.87. The van der Waals surface area contributed by atoms with Crippen molar-refractivity contribution < 1.29 is 4.39 Å². The molecule has 98 valence electrons. The number of benzene rings is 2. The fourth-order valence-corrected chi connectivity index (χ4v) is 2.17. The molecule has 2 aromatic carbocycles. The van der Waals surface area contributed by atoms with Crippen molar-refractivity contribution in [1.29, 1.82) is 0 Å². The number of halogens is 2. The summed E-state index contributed by atoms with van der Waals surface area (Å²) in [4.78, 5) is 0. The zero-order valence-corrected chi connectivity index (χ0v) is 12.4. The minimum atomic E-state index is -0.291. The predicted octanol–water partition coefficient (Wildman–Crippen LogP) is 4.07. The highest BCUT2D eigenvalue weighted by atomic mass is 79.9. The lowest BCUT2D eigenvalue weighted by Gasteiger charge is -2.11. The summed E-state index contributed by atoms with van der Waals surface area (Å²) in [7, 11) is 0. The van der Waals surface area contributed by atoms with Crippen LogP contribution in [0.3, 0.4) is 0 Å². The summed E-state index contributed by atoms with van der Waals surface area (Å²) in [6.45, 7) is 0.644. The van der Waals surface area contributed by atoms with Crippen LogP contribution in [-0.2, 0) is 6.54 Å². The number of hydrogen-bond acceptors (Lipinski definition) is 1. The van der Waals surface area contributed by atoms with E-state index in [0.717, 1.165) is 11.3 Å². The molecular formula is C14H12BrFN2S. The first-order chi connectivity index (χ1) is 9.15. The fraction of sp³-hybridized carbons (Fsp3) is 0.0714. The SMILES string of the molecule is Fc1ccc(NC(=S)NCc2ccccc2)c(Br)c1. The van der Waals surface area contributed by atoms with Gasteiger partial charge in [-0.25, -0.2) is 4.39 Å². The van der Waals surface area contributed by atoms with E-state index in [1.54, 1.807) is 6.07 Å². The third-order valence-electron chi connectivity index (χ3n) is 2.48. The molecule has 2 nitrogen and oxygen atoms in total. The molecule has 19 heavy (non-hydrogen) atoms.